The summed E-state index contributed by atoms with van der Waals surface area (Å²) in [4.78, 5) is 6.72. The second-order valence-corrected chi connectivity index (χ2v) is 7.80. The number of nitrogens with one attached hydrogen (secondary N) is 4. The molecule has 6 heteroatoms. The fourth-order valence-corrected chi connectivity index (χ4v) is 3.70. The molecule has 4 rings (SSSR count). The van der Waals surface area contributed by atoms with Crippen LogP contribution in [0.2, 0.25) is 0 Å². The minimum Gasteiger partial charge on any atom is -0.385 e. The number of anilines is 1. The van der Waals surface area contributed by atoms with E-state index in [2.05, 4.69) is 51.1 Å². The maximum Gasteiger partial charge on any atom is 0.0547 e. The van der Waals surface area contributed by atoms with Crippen LogP contribution in [0.25, 0.3) is 10.9 Å². The molecule has 1 saturated heterocycles. The summed E-state index contributed by atoms with van der Waals surface area (Å²) in [6, 6.07) is 16.5. The van der Waals surface area contributed by atoms with Crippen molar-refractivity contribution < 1.29 is 0 Å². The van der Waals surface area contributed by atoms with E-state index in [1.165, 1.54) is 22.2 Å². The summed E-state index contributed by atoms with van der Waals surface area (Å²) >= 11 is 1.62. The fourth-order valence-electron chi connectivity index (χ4n) is 3.15. The first-order valence-corrected chi connectivity index (χ1v) is 10.6. The average molecular weight is 396 g/mol. The number of likely N-dealkylation sites (tertiary alicyclic amines) is 1. The van der Waals surface area contributed by atoms with E-state index in [4.69, 9.17) is 5.41 Å². The fraction of sp³-hybridized carbons (Fsp3) is 0.318. The molecular formula is C22H29N5S. The molecule has 0 saturated carbocycles. The second kappa shape index (κ2) is 10.3. The zero-order valence-corrected chi connectivity index (χ0v) is 17.4. The van der Waals surface area contributed by atoms with Gasteiger partial charge in [0.25, 0.3) is 0 Å². The number of aromatic amines is 1. The number of para-hydroxylation sites is 1. The van der Waals surface area contributed by atoms with E-state index in [-0.39, 0.29) is 0 Å². The lowest BCUT2D eigenvalue weighted by molar-refractivity contribution is 0.210. The van der Waals surface area contributed by atoms with Crippen molar-refractivity contribution in [3.05, 3.63) is 60.3 Å². The summed E-state index contributed by atoms with van der Waals surface area (Å²) < 4.78 is 3.04. The van der Waals surface area contributed by atoms with Crippen molar-refractivity contribution in [1.29, 1.82) is 5.41 Å². The number of hydrogen-bond donors (Lipinski definition) is 4. The number of fused-ring (bicyclic) bond motifs is 1. The standard InChI is InChI=1S/C13H19N3.C9H10N2S/c1-2-15-13-7-4-3-6-11(13)12(14)10-16-8-5-9-16;1-10-12-8-3-2-7-4-5-11-9(7)6-8/h3-4,6-7,14-15H,2,5,8-10H2,1H3;2-6,10-11H,1H3. The third-order valence-corrected chi connectivity index (χ3v) is 5.39. The molecule has 28 heavy (non-hydrogen) atoms. The first-order chi connectivity index (χ1) is 13.7. The summed E-state index contributed by atoms with van der Waals surface area (Å²) in [5.41, 5.74) is 4.03. The van der Waals surface area contributed by atoms with Crippen LogP contribution in [0.15, 0.2) is 59.6 Å². The van der Waals surface area contributed by atoms with Crippen molar-refractivity contribution in [2.75, 3.05) is 38.5 Å². The maximum absolute atomic E-state index is 8.13. The van der Waals surface area contributed by atoms with Crippen LogP contribution in [-0.2, 0) is 0 Å². The Hall–Kier alpha value is -2.28. The SMILES string of the molecule is CCNc1ccccc1C(=N)CN1CCC1.CNSc1ccc2cc[nH]c2c1. The summed E-state index contributed by atoms with van der Waals surface area (Å²) in [7, 11) is 1.92. The van der Waals surface area contributed by atoms with Gasteiger partial charge in [0, 0.05) is 40.9 Å². The highest BCUT2D eigenvalue weighted by molar-refractivity contribution is 7.97. The van der Waals surface area contributed by atoms with Crippen molar-refractivity contribution in [3.63, 3.8) is 0 Å². The minimum absolute atomic E-state index is 0.719. The largest absolute Gasteiger partial charge is 0.385 e. The molecule has 0 unspecified atom stereocenters. The number of hydrogen-bond acceptors (Lipinski definition) is 5. The van der Waals surface area contributed by atoms with Crippen molar-refractivity contribution in [1.82, 2.24) is 14.6 Å². The quantitative estimate of drug-likeness (QED) is 0.349. The van der Waals surface area contributed by atoms with Crippen LogP contribution in [0.4, 0.5) is 5.69 Å². The van der Waals surface area contributed by atoms with Gasteiger partial charge in [-0.2, -0.15) is 0 Å². The third-order valence-electron chi connectivity index (χ3n) is 4.70. The Balaban J connectivity index is 0.000000167. The van der Waals surface area contributed by atoms with Gasteiger partial charge in [0.2, 0.25) is 0 Å². The molecule has 0 radical (unpaired) electrons. The van der Waals surface area contributed by atoms with Gasteiger partial charge in [-0.05, 0) is 75.1 Å². The topological polar surface area (TPSA) is 66.9 Å². The van der Waals surface area contributed by atoms with E-state index in [0.717, 1.165) is 43.1 Å². The number of aromatic nitrogens is 1. The van der Waals surface area contributed by atoms with Crippen molar-refractivity contribution in [2.24, 2.45) is 0 Å². The molecule has 1 aliphatic heterocycles. The zero-order chi connectivity index (χ0) is 19.8. The molecule has 0 atom stereocenters. The normalized spacial score (nSPS) is 13.5. The molecule has 0 amide bonds. The maximum atomic E-state index is 8.13. The second-order valence-electron chi connectivity index (χ2n) is 6.72. The first kappa shape index (κ1) is 20.5. The van der Waals surface area contributed by atoms with Crippen LogP contribution in [-0.4, -0.2) is 48.8 Å². The average Bonchev–Trinajstić information content (AvgIpc) is 3.14. The van der Waals surface area contributed by atoms with E-state index >= 15 is 0 Å². The summed E-state index contributed by atoms with van der Waals surface area (Å²) in [6.07, 6.45) is 3.24. The van der Waals surface area contributed by atoms with Crippen LogP contribution < -0.4 is 10.0 Å². The van der Waals surface area contributed by atoms with Gasteiger partial charge in [0.15, 0.2) is 0 Å². The molecule has 0 aliphatic carbocycles. The van der Waals surface area contributed by atoms with Crippen LogP contribution in [0, 0.1) is 5.41 Å². The van der Waals surface area contributed by atoms with Gasteiger partial charge in [-0.3, -0.25) is 9.62 Å². The Labute approximate surface area is 171 Å². The predicted molar refractivity (Wildman–Crippen MR) is 122 cm³/mol. The Bertz CT molecular complexity index is 901. The van der Waals surface area contributed by atoms with Gasteiger partial charge >= 0.3 is 0 Å². The molecule has 4 N–H and O–H groups in total. The van der Waals surface area contributed by atoms with Crippen LogP contribution >= 0.6 is 11.9 Å². The van der Waals surface area contributed by atoms with Gasteiger partial charge in [0.1, 0.15) is 0 Å². The Kier molecular flexibility index (Phi) is 7.54. The predicted octanol–water partition coefficient (Wildman–Crippen LogP) is 4.59. The highest BCUT2D eigenvalue weighted by Gasteiger charge is 2.17. The molecule has 0 spiro atoms. The third kappa shape index (κ3) is 5.38. The lowest BCUT2D eigenvalue weighted by Gasteiger charge is -2.31. The van der Waals surface area contributed by atoms with Crippen LogP contribution in [0.5, 0.6) is 0 Å². The summed E-state index contributed by atoms with van der Waals surface area (Å²) in [5, 5.41) is 12.7. The van der Waals surface area contributed by atoms with Gasteiger partial charge in [0.05, 0.1) is 5.71 Å². The Morgan fingerprint density at radius 2 is 2.00 bits per heavy atom. The lowest BCUT2D eigenvalue weighted by atomic mass is 10.1. The lowest BCUT2D eigenvalue weighted by Crippen LogP contribution is -2.40. The van der Waals surface area contributed by atoms with Gasteiger partial charge in [-0.1, -0.05) is 24.3 Å². The van der Waals surface area contributed by atoms with Crippen molar-refractivity contribution >= 4 is 34.2 Å². The van der Waals surface area contributed by atoms with E-state index in [9.17, 15) is 0 Å². The van der Waals surface area contributed by atoms with E-state index in [1.807, 2.05) is 37.5 Å². The molecule has 2 heterocycles. The van der Waals surface area contributed by atoms with E-state index in [0.29, 0.717) is 0 Å². The molecule has 1 aromatic heterocycles. The van der Waals surface area contributed by atoms with Gasteiger partial charge in [-0.25, -0.2) is 0 Å². The van der Waals surface area contributed by atoms with Crippen LogP contribution in [0.3, 0.4) is 0 Å². The Morgan fingerprint density at radius 1 is 1.18 bits per heavy atom. The van der Waals surface area contributed by atoms with Crippen molar-refractivity contribution in [2.45, 2.75) is 18.2 Å². The van der Waals surface area contributed by atoms with Gasteiger partial charge < -0.3 is 15.7 Å². The number of H-pyrrole nitrogens is 1. The summed E-state index contributed by atoms with van der Waals surface area (Å²) in [6.45, 7) is 6.05. The molecule has 1 fully saturated rings. The molecule has 2 aromatic carbocycles. The molecule has 148 valence electrons. The monoisotopic (exact) mass is 395 g/mol. The molecule has 3 aromatic rings. The number of rotatable bonds is 7. The minimum atomic E-state index is 0.719. The number of nitrogens with zero attached hydrogens (tertiary/aromatic N) is 1. The smallest absolute Gasteiger partial charge is 0.0547 e. The molecule has 1 aliphatic rings. The highest BCUT2D eigenvalue weighted by atomic mass is 32.2. The van der Waals surface area contributed by atoms with E-state index < -0.39 is 0 Å². The Morgan fingerprint density at radius 3 is 2.71 bits per heavy atom. The highest BCUT2D eigenvalue weighted by Crippen LogP contribution is 2.20. The van der Waals surface area contributed by atoms with Gasteiger partial charge in [-0.15, -0.1) is 0 Å². The molecule has 5 nitrogen and oxygen atoms in total. The summed E-state index contributed by atoms with van der Waals surface area (Å²) in [5.74, 6) is 0. The zero-order valence-electron chi connectivity index (χ0n) is 16.6. The van der Waals surface area contributed by atoms with Crippen LogP contribution in [0.1, 0.15) is 18.9 Å². The van der Waals surface area contributed by atoms with E-state index in [1.54, 1.807) is 11.9 Å². The first-order valence-electron chi connectivity index (χ1n) is 9.75. The number of benzene rings is 2. The molecular weight excluding hydrogens is 366 g/mol. The van der Waals surface area contributed by atoms with Crippen molar-refractivity contribution in [3.8, 4) is 0 Å². The molecule has 0 bridgehead atoms.